The number of benzene rings is 2. The van der Waals surface area contributed by atoms with Crippen LogP contribution in [0.2, 0.25) is 0 Å². The first-order chi connectivity index (χ1) is 12.6. The Morgan fingerprint density at radius 3 is 2.69 bits per heavy atom. The van der Waals surface area contributed by atoms with Crippen LogP contribution >= 0.6 is 11.3 Å². The van der Waals surface area contributed by atoms with Gasteiger partial charge in [0.1, 0.15) is 0 Å². The molecule has 0 radical (unpaired) electrons. The van der Waals surface area contributed by atoms with Gasteiger partial charge in [0, 0.05) is 6.42 Å². The van der Waals surface area contributed by atoms with Crippen molar-refractivity contribution in [3.8, 4) is 12.3 Å². The summed E-state index contributed by atoms with van der Waals surface area (Å²) in [4.78, 5) is 17.4. The Morgan fingerprint density at radius 2 is 2.00 bits per heavy atom. The van der Waals surface area contributed by atoms with E-state index in [9.17, 15) is 4.79 Å². The molecular weight excluding hydrogens is 340 g/mol. The molecule has 0 atom stereocenters. The quantitative estimate of drug-likeness (QED) is 0.615. The lowest BCUT2D eigenvalue weighted by atomic mass is 10.0. The molecule has 0 bridgehead atoms. The van der Waals surface area contributed by atoms with Crippen molar-refractivity contribution in [2.24, 2.45) is 4.99 Å². The summed E-state index contributed by atoms with van der Waals surface area (Å²) in [5.41, 5.74) is 3.45. The van der Waals surface area contributed by atoms with Crippen LogP contribution in [0.15, 0.2) is 53.5 Å². The van der Waals surface area contributed by atoms with E-state index < -0.39 is 0 Å². The van der Waals surface area contributed by atoms with Gasteiger partial charge in [0.15, 0.2) is 4.80 Å². The fourth-order valence-corrected chi connectivity index (χ4v) is 3.93. The molecule has 0 aliphatic heterocycles. The normalized spacial score (nSPS) is 11.8. The van der Waals surface area contributed by atoms with Crippen LogP contribution in [0.25, 0.3) is 10.2 Å². The minimum atomic E-state index is -0.115. The number of terminal acetylenes is 1. The molecule has 0 saturated carbocycles. The number of carbonyl (C=O) groups excluding carboxylic acids is 1. The van der Waals surface area contributed by atoms with Gasteiger partial charge in [0.2, 0.25) is 5.91 Å². The summed E-state index contributed by atoms with van der Waals surface area (Å²) < 4.78 is 3.06. The number of aryl methyl sites for hydroxylation is 1. The monoisotopic (exact) mass is 362 g/mol. The fraction of sp³-hybridized carbons (Fsp3) is 0.273. The molecule has 0 saturated heterocycles. The van der Waals surface area contributed by atoms with E-state index in [4.69, 9.17) is 6.42 Å². The summed E-state index contributed by atoms with van der Waals surface area (Å²) in [6, 6.07) is 16.4. The van der Waals surface area contributed by atoms with Crippen LogP contribution in [0.4, 0.5) is 0 Å². The summed E-state index contributed by atoms with van der Waals surface area (Å²) in [6.45, 7) is 4.75. The van der Waals surface area contributed by atoms with Gasteiger partial charge in [-0.25, -0.2) is 0 Å². The van der Waals surface area contributed by atoms with Crippen LogP contribution in [0.3, 0.4) is 0 Å². The molecule has 0 aliphatic rings. The summed E-state index contributed by atoms with van der Waals surface area (Å²) in [6.07, 6.45) is 6.62. The largest absolute Gasteiger partial charge is 0.305 e. The first-order valence-corrected chi connectivity index (χ1v) is 9.58. The van der Waals surface area contributed by atoms with Crippen LogP contribution in [0.5, 0.6) is 0 Å². The van der Waals surface area contributed by atoms with E-state index in [0.29, 0.717) is 30.1 Å². The molecule has 3 aromatic rings. The van der Waals surface area contributed by atoms with Crippen molar-refractivity contribution in [3.63, 3.8) is 0 Å². The average molecular weight is 362 g/mol. The van der Waals surface area contributed by atoms with Gasteiger partial charge in [0.25, 0.3) is 0 Å². The lowest BCUT2D eigenvalue weighted by molar-refractivity contribution is -0.118. The summed E-state index contributed by atoms with van der Waals surface area (Å²) in [5, 5.41) is 0. The Bertz CT molecular complexity index is 1020. The van der Waals surface area contributed by atoms with Gasteiger partial charge in [-0.3, -0.25) is 4.79 Å². The van der Waals surface area contributed by atoms with Crippen molar-refractivity contribution in [2.45, 2.75) is 39.2 Å². The Balaban J connectivity index is 1.92. The standard InChI is InChI=1S/C22H22N2OS/c1-4-14-24-19-12-11-18(16(2)3)15-20(19)26-22(24)23-21(25)13-10-17-8-6-5-7-9-17/h1,5-9,11-12,15-16H,10,13-14H2,2-3H3. The molecule has 1 aromatic heterocycles. The van der Waals surface area contributed by atoms with Gasteiger partial charge in [0.05, 0.1) is 16.8 Å². The van der Waals surface area contributed by atoms with Crippen LogP contribution in [0, 0.1) is 12.3 Å². The van der Waals surface area contributed by atoms with Crippen LogP contribution in [-0.2, 0) is 17.8 Å². The Hall–Kier alpha value is -2.64. The summed E-state index contributed by atoms with van der Waals surface area (Å²) in [7, 11) is 0. The highest BCUT2D eigenvalue weighted by Crippen LogP contribution is 2.23. The van der Waals surface area contributed by atoms with Gasteiger partial charge in [-0.05, 0) is 35.6 Å². The van der Waals surface area contributed by atoms with Gasteiger partial charge in [-0.1, -0.05) is 67.5 Å². The lowest BCUT2D eigenvalue weighted by Gasteiger charge is -2.05. The van der Waals surface area contributed by atoms with Crippen molar-refractivity contribution >= 4 is 27.5 Å². The Morgan fingerprint density at radius 1 is 1.23 bits per heavy atom. The average Bonchev–Trinajstić information content (AvgIpc) is 2.97. The van der Waals surface area contributed by atoms with Gasteiger partial charge < -0.3 is 4.57 Å². The molecular formula is C22H22N2OS. The molecule has 0 unspecified atom stereocenters. The zero-order valence-corrected chi connectivity index (χ0v) is 15.9. The number of nitrogens with zero attached hydrogens (tertiary/aromatic N) is 2. The molecule has 1 amide bonds. The third-order valence-corrected chi connectivity index (χ3v) is 5.35. The zero-order valence-electron chi connectivity index (χ0n) is 15.1. The maximum absolute atomic E-state index is 12.4. The van der Waals surface area contributed by atoms with Crippen molar-refractivity contribution in [1.82, 2.24) is 4.57 Å². The lowest BCUT2D eigenvalue weighted by Crippen LogP contribution is -2.16. The minimum absolute atomic E-state index is 0.115. The molecule has 132 valence electrons. The second-order valence-electron chi connectivity index (χ2n) is 6.55. The second-order valence-corrected chi connectivity index (χ2v) is 7.56. The summed E-state index contributed by atoms with van der Waals surface area (Å²) >= 11 is 1.53. The van der Waals surface area contributed by atoms with E-state index in [-0.39, 0.29) is 5.91 Å². The van der Waals surface area contributed by atoms with Crippen LogP contribution in [-0.4, -0.2) is 10.5 Å². The van der Waals surface area contributed by atoms with E-state index >= 15 is 0 Å². The van der Waals surface area contributed by atoms with E-state index in [1.807, 2.05) is 34.9 Å². The predicted octanol–water partition coefficient (Wildman–Crippen LogP) is 4.52. The van der Waals surface area contributed by atoms with Crippen molar-refractivity contribution in [2.75, 3.05) is 0 Å². The molecule has 1 heterocycles. The number of fused-ring (bicyclic) bond motifs is 1. The zero-order chi connectivity index (χ0) is 18.5. The van der Waals surface area contributed by atoms with Crippen molar-refractivity contribution in [1.29, 1.82) is 0 Å². The number of thiazole rings is 1. The fourth-order valence-electron chi connectivity index (χ4n) is 2.84. The van der Waals surface area contributed by atoms with Gasteiger partial charge in [-0.2, -0.15) is 4.99 Å². The first kappa shape index (κ1) is 18.2. The number of rotatable bonds is 5. The number of hydrogen-bond donors (Lipinski definition) is 0. The highest BCUT2D eigenvalue weighted by atomic mass is 32.1. The maximum atomic E-state index is 12.4. The number of amides is 1. The van der Waals surface area contributed by atoms with Gasteiger partial charge in [-0.15, -0.1) is 6.42 Å². The SMILES string of the molecule is C#CCn1c(=NC(=O)CCc2ccccc2)sc2cc(C(C)C)ccc21. The highest BCUT2D eigenvalue weighted by Gasteiger charge is 2.09. The molecule has 0 aliphatic carbocycles. The highest BCUT2D eigenvalue weighted by molar-refractivity contribution is 7.16. The molecule has 0 N–H and O–H groups in total. The Labute approximate surface area is 158 Å². The molecule has 0 spiro atoms. The van der Waals surface area contributed by atoms with Crippen molar-refractivity contribution in [3.05, 3.63) is 64.5 Å². The molecule has 2 aromatic carbocycles. The van der Waals surface area contributed by atoms with Crippen LogP contribution < -0.4 is 4.80 Å². The third kappa shape index (κ3) is 4.12. The van der Waals surface area contributed by atoms with E-state index in [1.165, 1.54) is 16.9 Å². The van der Waals surface area contributed by atoms with E-state index in [2.05, 4.69) is 43.0 Å². The Kier molecular flexibility index (Phi) is 5.70. The maximum Gasteiger partial charge on any atom is 0.248 e. The van der Waals surface area contributed by atoms with Crippen LogP contribution in [0.1, 0.15) is 37.3 Å². The molecule has 3 nitrogen and oxygen atoms in total. The van der Waals surface area contributed by atoms with Gasteiger partial charge >= 0.3 is 0 Å². The predicted molar refractivity (Wildman–Crippen MR) is 108 cm³/mol. The summed E-state index contributed by atoms with van der Waals surface area (Å²) in [5.74, 6) is 3.01. The molecule has 3 rings (SSSR count). The smallest absolute Gasteiger partial charge is 0.248 e. The number of aromatic nitrogens is 1. The minimum Gasteiger partial charge on any atom is -0.305 e. The topological polar surface area (TPSA) is 34.4 Å². The van der Waals surface area contributed by atoms with E-state index in [0.717, 1.165) is 15.8 Å². The number of hydrogen-bond acceptors (Lipinski definition) is 2. The second kappa shape index (κ2) is 8.16. The molecule has 0 fully saturated rings. The number of carbonyl (C=O) groups is 1. The molecule has 26 heavy (non-hydrogen) atoms. The van der Waals surface area contributed by atoms with E-state index in [1.54, 1.807) is 0 Å². The molecule has 4 heteroatoms. The third-order valence-electron chi connectivity index (χ3n) is 4.31. The van der Waals surface area contributed by atoms with Crippen molar-refractivity contribution < 1.29 is 4.79 Å². The first-order valence-electron chi connectivity index (χ1n) is 8.76.